The lowest BCUT2D eigenvalue weighted by molar-refractivity contribution is -0.119. The molecular weight excluding hydrogens is 336 g/mol. The molecule has 2 amide bonds. The Morgan fingerprint density at radius 3 is 2.26 bits per heavy atom. The summed E-state index contributed by atoms with van der Waals surface area (Å²) in [6.07, 6.45) is 1.81. The Kier molecular flexibility index (Phi) is 4.04. The van der Waals surface area contributed by atoms with Crippen molar-refractivity contribution in [1.82, 2.24) is 4.98 Å². The van der Waals surface area contributed by atoms with Crippen molar-refractivity contribution in [3.8, 4) is 0 Å². The number of aromatic amines is 1. The van der Waals surface area contributed by atoms with Gasteiger partial charge in [-0.3, -0.25) is 9.59 Å². The van der Waals surface area contributed by atoms with Crippen LogP contribution in [0, 0.1) is 6.92 Å². The molecule has 0 unspecified atom stereocenters. The van der Waals surface area contributed by atoms with Gasteiger partial charge in [0.1, 0.15) is 0 Å². The summed E-state index contributed by atoms with van der Waals surface area (Å²) < 4.78 is 0. The minimum Gasteiger partial charge on any atom is -0.355 e. The quantitative estimate of drug-likeness (QED) is 0.531. The minimum atomic E-state index is -0.291. The topological polar surface area (TPSA) is 53.2 Å². The van der Waals surface area contributed by atoms with Crippen molar-refractivity contribution >= 4 is 34.5 Å². The van der Waals surface area contributed by atoms with E-state index in [1.165, 1.54) is 4.90 Å². The van der Waals surface area contributed by atoms with Crippen LogP contribution in [0.15, 0.2) is 71.3 Å². The van der Waals surface area contributed by atoms with Gasteiger partial charge in [-0.2, -0.15) is 0 Å². The Morgan fingerprint density at radius 1 is 0.926 bits per heavy atom. The predicted molar refractivity (Wildman–Crippen MR) is 108 cm³/mol. The number of hydrogen-bond acceptors (Lipinski definition) is 2. The van der Waals surface area contributed by atoms with E-state index in [-0.39, 0.29) is 11.8 Å². The van der Waals surface area contributed by atoms with E-state index in [2.05, 4.69) is 4.98 Å². The molecule has 0 saturated carbocycles. The highest BCUT2D eigenvalue weighted by Crippen LogP contribution is 2.34. The number of imide groups is 1. The van der Waals surface area contributed by atoms with Gasteiger partial charge in [0.15, 0.2) is 0 Å². The average molecular weight is 356 g/mol. The first-order valence-electron chi connectivity index (χ1n) is 8.89. The SMILES string of the molecule is CC(C)=C1C(=O)N(c2ccccc2)C(=O)/C1=C/c1[nH]c2ccccc2c1C. The second-order valence-corrected chi connectivity index (χ2v) is 6.92. The third kappa shape index (κ3) is 2.70. The Balaban J connectivity index is 1.89. The zero-order chi connectivity index (χ0) is 19.1. The number of nitrogens with zero attached hydrogens (tertiary/aromatic N) is 1. The summed E-state index contributed by atoms with van der Waals surface area (Å²) in [6.45, 7) is 5.74. The minimum absolute atomic E-state index is 0.272. The van der Waals surface area contributed by atoms with Gasteiger partial charge >= 0.3 is 0 Å². The Morgan fingerprint density at radius 2 is 1.59 bits per heavy atom. The van der Waals surface area contributed by atoms with Crippen LogP contribution in [0.2, 0.25) is 0 Å². The van der Waals surface area contributed by atoms with Gasteiger partial charge < -0.3 is 4.98 Å². The molecule has 4 heteroatoms. The van der Waals surface area contributed by atoms with Gasteiger partial charge in [-0.05, 0) is 50.6 Å². The van der Waals surface area contributed by atoms with Gasteiger partial charge in [0.25, 0.3) is 11.8 Å². The second kappa shape index (κ2) is 6.40. The smallest absolute Gasteiger partial charge is 0.266 e. The largest absolute Gasteiger partial charge is 0.355 e. The third-order valence-electron chi connectivity index (χ3n) is 4.93. The molecule has 134 valence electrons. The Bertz CT molecular complexity index is 1130. The number of fused-ring (bicyclic) bond motifs is 1. The van der Waals surface area contributed by atoms with E-state index in [9.17, 15) is 9.59 Å². The molecule has 3 aromatic rings. The number of H-pyrrole nitrogens is 1. The molecule has 2 heterocycles. The summed E-state index contributed by atoms with van der Waals surface area (Å²) >= 11 is 0. The van der Waals surface area contributed by atoms with Crippen LogP contribution in [-0.2, 0) is 9.59 Å². The molecule has 4 nitrogen and oxygen atoms in total. The molecular formula is C23H20N2O2. The highest BCUT2D eigenvalue weighted by atomic mass is 16.2. The highest BCUT2D eigenvalue weighted by molar-refractivity contribution is 6.38. The van der Waals surface area contributed by atoms with Crippen LogP contribution in [-0.4, -0.2) is 16.8 Å². The van der Waals surface area contributed by atoms with E-state index in [0.717, 1.165) is 27.7 Å². The molecule has 1 aliphatic rings. The number of carbonyl (C=O) groups is 2. The van der Waals surface area contributed by atoms with Gasteiger partial charge in [-0.1, -0.05) is 42.0 Å². The van der Waals surface area contributed by atoms with Gasteiger partial charge in [0, 0.05) is 16.6 Å². The number of benzene rings is 2. The number of hydrogen-bond donors (Lipinski definition) is 1. The predicted octanol–water partition coefficient (Wildman–Crippen LogP) is 4.77. The summed E-state index contributed by atoms with van der Waals surface area (Å²) in [4.78, 5) is 30.8. The van der Waals surface area contributed by atoms with Crippen molar-refractivity contribution in [2.75, 3.05) is 4.90 Å². The van der Waals surface area contributed by atoms with Crippen LogP contribution in [0.25, 0.3) is 17.0 Å². The molecule has 0 atom stereocenters. The van der Waals surface area contributed by atoms with E-state index in [1.807, 2.05) is 63.2 Å². The number of allylic oxidation sites excluding steroid dienone is 1. The number of carbonyl (C=O) groups excluding carboxylic acids is 2. The van der Waals surface area contributed by atoms with Crippen molar-refractivity contribution in [2.45, 2.75) is 20.8 Å². The number of aryl methyl sites for hydroxylation is 1. The molecule has 2 aromatic carbocycles. The number of rotatable bonds is 2. The maximum Gasteiger partial charge on any atom is 0.266 e. The van der Waals surface area contributed by atoms with Crippen molar-refractivity contribution in [3.63, 3.8) is 0 Å². The number of amides is 2. The molecule has 27 heavy (non-hydrogen) atoms. The maximum atomic E-state index is 13.2. The number of anilines is 1. The molecule has 0 radical (unpaired) electrons. The number of aromatic nitrogens is 1. The summed E-state index contributed by atoms with van der Waals surface area (Å²) in [5.74, 6) is -0.563. The zero-order valence-electron chi connectivity index (χ0n) is 15.5. The Labute approximate surface area is 157 Å². The molecule has 0 spiro atoms. The van der Waals surface area contributed by atoms with E-state index in [4.69, 9.17) is 0 Å². The normalized spacial score (nSPS) is 16.0. The third-order valence-corrected chi connectivity index (χ3v) is 4.93. The molecule has 1 aromatic heterocycles. The molecule has 1 saturated heterocycles. The number of para-hydroxylation sites is 2. The fraction of sp³-hybridized carbons (Fsp3) is 0.130. The molecule has 0 aliphatic carbocycles. The summed E-state index contributed by atoms with van der Waals surface area (Å²) in [6, 6.07) is 17.1. The summed E-state index contributed by atoms with van der Waals surface area (Å²) in [5, 5.41) is 1.11. The van der Waals surface area contributed by atoms with Crippen molar-refractivity contribution < 1.29 is 9.59 Å². The molecule has 4 rings (SSSR count). The standard InChI is InChI=1S/C23H20N2O2/c1-14(2)21-18(13-20-15(3)17-11-7-8-12-19(17)24-20)22(26)25(23(21)27)16-9-5-4-6-10-16/h4-13,24H,1-3H3/b18-13+. The molecule has 0 bridgehead atoms. The van der Waals surface area contributed by atoms with Crippen molar-refractivity contribution in [3.05, 3.63) is 82.6 Å². The maximum absolute atomic E-state index is 13.2. The van der Waals surface area contributed by atoms with Crippen LogP contribution in [0.4, 0.5) is 5.69 Å². The lowest BCUT2D eigenvalue weighted by atomic mass is 10.0. The second-order valence-electron chi connectivity index (χ2n) is 6.92. The van der Waals surface area contributed by atoms with E-state index in [1.54, 1.807) is 18.2 Å². The molecule has 1 aliphatic heterocycles. The van der Waals surface area contributed by atoms with E-state index >= 15 is 0 Å². The molecule has 1 N–H and O–H groups in total. The van der Waals surface area contributed by atoms with E-state index < -0.39 is 0 Å². The highest BCUT2D eigenvalue weighted by Gasteiger charge is 2.40. The monoisotopic (exact) mass is 356 g/mol. The average Bonchev–Trinajstić information content (AvgIpc) is 3.10. The lowest BCUT2D eigenvalue weighted by Crippen LogP contribution is -2.29. The van der Waals surface area contributed by atoms with E-state index in [0.29, 0.717) is 16.8 Å². The first-order chi connectivity index (χ1) is 13.0. The van der Waals surface area contributed by atoms with Crippen molar-refractivity contribution in [2.24, 2.45) is 0 Å². The fourth-order valence-corrected chi connectivity index (χ4v) is 3.57. The zero-order valence-corrected chi connectivity index (χ0v) is 15.5. The summed E-state index contributed by atoms with van der Waals surface area (Å²) in [5.41, 5.74) is 5.23. The van der Waals surface area contributed by atoms with Gasteiger partial charge in [0.2, 0.25) is 0 Å². The first kappa shape index (κ1) is 17.0. The number of nitrogens with one attached hydrogen (secondary N) is 1. The van der Waals surface area contributed by atoms with Crippen LogP contribution < -0.4 is 4.90 Å². The van der Waals surface area contributed by atoms with Gasteiger partial charge in [-0.25, -0.2) is 4.90 Å². The first-order valence-corrected chi connectivity index (χ1v) is 8.89. The van der Waals surface area contributed by atoms with Crippen molar-refractivity contribution in [1.29, 1.82) is 0 Å². The molecule has 1 fully saturated rings. The van der Waals surface area contributed by atoms with Crippen LogP contribution >= 0.6 is 0 Å². The lowest BCUT2D eigenvalue weighted by Gasteiger charge is -2.12. The van der Waals surface area contributed by atoms with Crippen LogP contribution in [0.1, 0.15) is 25.1 Å². The summed E-state index contributed by atoms with van der Waals surface area (Å²) in [7, 11) is 0. The Hall–Kier alpha value is -3.40. The van der Waals surface area contributed by atoms with Crippen LogP contribution in [0.3, 0.4) is 0 Å². The fourth-order valence-electron chi connectivity index (χ4n) is 3.57. The van der Waals surface area contributed by atoms with Gasteiger partial charge in [0.05, 0.1) is 16.8 Å². The van der Waals surface area contributed by atoms with Crippen LogP contribution in [0.5, 0.6) is 0 Å². The van der Waals surface area contributed by atoms with Gasteiger partial charge in [-0.15, -0.1) is 0 Å².